The maximum atomic E-state index is 12.8. The summed E-state index contributed by atoms with van der Waals surface area (Å²) in [5, 5.41) is 12.1. The molecule has 2 heterocycles. The van der Waals surface area contributed by atoms with Gasteiger partial charge < -0.3 is 10.6 Å². The van der Waals surface area contributed by atoms with Crippen LogP contribution in [0.3, 0.4) is 0 Å². The molecule has 4 aromatic rings. The SMILES string of the molecule is Cc1cc(=O)c(C(=O)Nc2cccc(NC(=O)c3cccs3)c2)nn1-c1ccc(Cl)cc1. The molecule has 0 aliphatic rings. The zero-order valence-corrected chi connectivity index (χ0v) is 18.4. The summed E-state index contributed by atoms with van der Waals surface area (Å²) in [4.78, 5) is 38.1. The van der Waals surface area contributed by atoms with Gasteiger partial charge >= 0.3 is 0 Å². The van der Waals surface area contributed by atoms with Crippen LogP contribution in [0.2, 0.25) is 5.02 Å². The Morgan fingerprint density at radius 2 is 1.62 bits per heavy atom. The Balaban J connectivity index is 1.56. The number of hydrogen-bond acceptors (Lipinski definition) is 5. The molecule has 160 valence electrons. The number of nitrogens with zero attached hydrogens (tertiary/aromatic N) is 2. The van der Waals surface area contributed by atoms with Crippen LogP contribution >= 0.6 is 22.9 Å². The van der Waals surface area contributed by atoms with E-state index in [2.05, 4.69) is 15.7 Å². The first kappa shape index (κ1) is 21.5. The van der Waals surface area contributed by atoms with Gasteiger partial charge in [0.15, 0.2) is 5.69 Å². The van der Waals surface area contributed by atoms with E-state index in [9.17, 15) is 14.4 Å². The highest BCUT2D eigenvalue weighted by molar-refractivity contribution is 7.12. The maximum absolute atomic E-state index is 12.8. The fourth-order valence-electron chi connectivity index (χ4n) is 3.01. The summed E-state index contributed by atoms with van der Waals surface area (Å²) in [6, 6.07) is 18.4. The third kappa shape index (κ3) is 4.77. The average molecular weight is 465 g/mol. The van der Waals surface area contributed by atoms with Gasteiger partial charge in [0.1, 0.15) is 0 Å². The summed E-state index contributed by atoms with van der Waals surface area (Å²) in [6.07, 6.45) is 0. The number of thiophene rings is 1. The number of rotatable bonds is 5. The van der Waals surface area contributed by atoms with Crippen molar-refractivity contribution in [3.8, 4) is 5.69 Å². The highest BCUT2D eigenvalue weighted by Gasteiger charge is 2.16. The largest absolute Gasteiger partial charge is 0.321 e. The van der Waals surface area contributed by atoms with Crippen LogP contribution in [-0.4, -0.2) is 21.6 Å². The number of carbonyl (C=O) groups is 2. The standard InChI is InChI=1S/C23H17ClN4O3S/c1-14-12-19(29)21(27-28(14)18-9-7-15(24)8-10-18)23(31)26-17-5-2-4-16(13-17)25-22(30)20-6-3-11-32-20/h2-13H,1H3,(H,25,30)(H,26,31). The van der Waals surface area contributed by atoms with Crippen LogP contribution in [0.1, 0.15) is 25.9 Å². The number of halogens is 1. The second kappa shape index (κ2) is 9.17. The van der Waals surface area contributed by atoms with Gasteiger partial charge in [-0.05, 0) is 60.8 Å². The fraction of sp³-hybridized carbons (Fsp3) is 0.0435. The normalized spacial score (nSPS) is 10.6. The first-order valence-electron chi connectivity index (χ1n) is 9.54. The molecule has 0 fully saturated rings. The molecule has 2 amide bonds. The molecule has 2 aromatic heterocycles. The van der Waals surface area contributed by atoms with Crippen molar-refractivity contribution in [2.24, 2.45) is 0 Å². The Labute approximate surface area is 192 Å². The molecular weight excluding hydrogens is 448 g/mol. The van der Waals surface area contributed by atoms with Crippen molar-refractivity contribution in [1.82, 2.24) is 9.78 Å². The van der Waals surface area contributed by atoms with Crippen LogP contribution in [0.15, 0.2) is 76.9 Å². The Morgan fingerprint density at radius 3 is 2.28 bits per heavy atom. The predicted octanol–water partition coefficient (Wildman–Crippen LogP) is 4.76. The number of hydrogen-bond donors (Lipinski definition) is 2. The van der Waals surface area contributed by atoms with Crippen molar-refractivity contribution < 1.29 is 9.59 Å². The molecule has 0 unspecified atom stereocenters. The number of aryl methyl sites for hydroxylation is 1. The minimum absolute atomic E-state index is 0.241. The highest BCUT2D eigenvalue weighted by atomic mass is 35.5. The lowest BCUT2D eigenvalue weighted by Crippen LogP contribution is -2.27. The lowest BCUT2D eigenvalue weighted by Gasteiger charge is -2.12. The van der Waals surface area contributed by atoms with Gasteiger partial charge in [-0.2, -0.15) is 5.10 Å². The van der Waals surface area contributed by atoms with Crippen molar-refractivity contribution in [2.45, 2.75) is 6.92 Å². The van der Waals surface area contributed by atoms with Gasteiger partial charge in [-0.3, -0.25) is 14.4 Å². The number of carbonyl (C=O) groups excluding carboxylic acids is 2. The second-order valence-electron chi connectivity index (χ2n) is 6.85. The molecule has 0 saturated carbocycles. The van der Waals surface area contributed by atoms with Crippen LogP contribution in [-0.2, 0) is 0 Å². The van der Waals surface area contributed by atoms with Crippen molar-refractivity contribution in [3.63, 3.8) is 0 Å². The first-order valence-corrected chi connectivity index (χ1v) is 10.8. The van der Waals surface area contributed by atoms with Crippen molar-refractivity contribution in [3.05, 3.63) is 104 Å². The number of amides is 2. The number of anilines is 2. The van der Waals surface area contributed by atoms with Gasteiger partial charge in [0, 0.05) is 28.2 Å². The third-order valence-electron chi connectivity index (χ3n) is 4.52. The van der Waals surface area contributed by atoms with Gasteiger partial charge in [0.2, 0.25) is 5.43 Å². The molecule has 4 rings (SSSR count). The maximum Gasteiger partial charge on any atom is 0.280 e. The van der Waals surface area contributed by atoms with Crippen molar-refractivity contribution in [2.75, 3.05) is 10.6 Å². The monoisotopic (exact) mass is 464 g/mol. The van der Waals surface area contributed by atoms with Gasteiger partial charge in [-0.15, -0.1) is 11.3 Å². The lowest BCUT2D eigenvalue weighted by atomic mass is 10.2. The topological polar surface area (TPSA) is 93.1 Å². The highest BCUT2D eigenvalue weighted by Crippen LogP contribution is 2.18. The third-order valence-corrected chi connectivity index (χ3v) is 5.64. The van der Waals surface area contributed by atoms with E-state index in [1.807, 2.05) is 5.38 Å². The number of nitrogens with one attached hydrogen (secondary N) is 2. The zero-order valence-electron chi connectivity index (χ0n) is 16.8. The molecule has 0 aliphatic carbocycles. The second-order valence-corrected chi connectivity index (χ2v) is 8.24. The molecule has 0 atom stereocenters. The van der Waals surface area contributed by atoms with E-state index in [4.69, 9.17) is 11.6 Å². The van der Waals surface area contributed by atoms with Gasteiger partial charge in [0.25, 0.3) is 11.8 Å². The zero-order chi connectivity index (χ0) is 22.7. The average Bonchev–Trinajstić information content (AvgIpc) is 3.30. The Bertz CT molecular complexity index is 1350. The minimum atomic E-state index is -0.653. The summed E-state index contributed by atoms with van der Waals surface area (Å²) in [5.41, 5.74) is 1.42. The molecule has 2 aromatic carbocycles. The number of benzene rings is 2. The Kier molecular flexibility index (Phi) is 6.16. The van der Waals surface area contributed by atoms with Gasteiger partial charge in [0.05, 0.1) is 10.6 Å². The summed E-state index contributed by atoms with van der Waals surface area (Å²) in [6.45, 7) is 1.73. The summed E-state index contributed by atoms with van der Waals surface area (Å²) >= 11 is 7.27. The molecule has 9 heteroatoms. The van der Waals surface area contributed by atoms with E-state index in [-0.39, 0.29) is 11.6 Å². The smallest absolute Gasteiger partial charge is 0.280 e. The van der Waals surface area contributed by atoms with E-state index in [0.717, 1.165) is 0 Å². The van der Waals surface area contributed by atoms with E-state index >= 15 is 0 Å². The van der Waals surface area contributed by atoms with E-state index in [0.29, 0.717) is 32.7 Å². The van der Waals surface area contributed by atoms with Gasteiger partial charge in [-0.1, -0.05) is 23.7 Å². The molecule has 0 aliphatic heterocycles. The van der Waals surface area contributed by atoms with Crippen molar-refractivity contribution in [1.29, 1.82) is 0 Å². The Hall–Kier alpha value is -3.75. The predicted molar refractivity (Wildman–Crippen MR) is 126 cm³/mol. The summed E-state index contributed by atoms with van der Waals surface area (Å²) < 4.78 is 1.50. The Morgan fingerprint density at radius 1 is 0.938 bits per heavy atom. The number of aromatic nitrogens is 2. The quantitative estimate of drug-likeness (QED) is 0.445. The lowest BCUT2D eigenvalue weighted by molar-refractivity contribution is 0.101. The van der Waals surface area contributed by atoms with Gasteiger partial charge in [-0.25, -0.2) is 4.68 Å². The van der Waals surface area contributed by atoms with E-state index < -0.39 is 11.3 Å². The summed E-state index contributed by atoms with van der Waals surface area (Å²) in [7, 11) is 0. The van der Waals surface area contributed by atoms with Crippen LogP contribution in [0.4, 0.5) is 11.4 Å². The molecule has 0 spiro atoms. The molecule has 0 radical (unpaired) electrons. The van der Waals surface area contributed by atoms with Crippen LogP contribution in [0.5, 0.6) is 0 Å². The molecule has 0 saturated heterocycles. The van der Waals surface area contributed by atoms with E-state index in [1.54, 1.807) is 67.6 Å². The van der Waals surface area contributed by atoms with Crippen LogP contribution in [0.25, 0.3) is 5.69 Å². The summed E-state index contributed by atoms with van der Waals surface area (Å²) in [5.74, 6) is -0.894. The van der Waals surface area contributed by atoms with Crippen LogP contribution in [0, 0.1) is 6.92 Å². The molecule has 2 N–H and O–H groups in total. The first-order chi connectivity index (χ1) is 15.4. The minimum Gasteiger partial charge on any atom is -0.321 e. The fourth-order valence-corrected chi connectivity index (χ4v) is 3.76. The molecule has 7 nitrogen and oxygen atoms in total. The van der Waals surface area contributed by atoms with E-state index in [1.165, 1.54) is 22.1 Å². The molecular formula is C23H17ClN4O3S. The van der Waals surface area contributed by atoms with Crippen LogP contribution < -0.4 is 16.1 Å². The van der Waals surface area contributed by atoms with Crippen molar-refractivity contribution >= 4 is 46.1 Å². The molecule has 0 bridgehead atoms. The molecule has 32 heavy (non-hydrogen) atoms.